The highest BCUT2D eigenvalue weighted by Crippen LogP contribution is 2.37. The molecule has 0 bridgehead atoms. The molecule has 0 saturated carbocycles. The van der Waals surface area contributed by atoms with Gasteiger partial charge in [0.15, 0.2) is 0 Å². The molecule has 3 unspecified atom stereocenters. The van der Waals surface area contributed by atoms with Crippen LogP contribution in [0.4, 0.5) is 4.39 Å². The summed E-state index contributed by atoms with van der Waals surface area (Å²) in [7, 11) is 1.49. The Bertz CT molecular complexity index is 448. The van der Waals surface area contributed by atoms with Crippen LogP contribution >= 0.6 is 0 Å². The molecule has 1 aromatic rings. The van der Waals surface area contributed by atoms with E-state index in [0.717, 1.165) is 19.4 Å². The summed E-state index contributed by atoms with van der Waals surface area (Å²) in [6.07, 6.45) is 1.91. The zero-order valence-electron chi connectivity index (χ0n) is 11.7. The molecule has 1 fully saturated rings. The van der Waals surface area contributed by atoms with Gasteiger partial charge in [-0.15, -0.1) is 0 Å². The Labute approximate surface area is 113 Å². The summed E-state index contributed by atoms with van der Waals surface area (Å²) in [6.45, 7) is 4.66. The molecule has 2 N–H and O–H groups in total. The van der Waals surface area contributed by atoms with Gasteiger partial charge in [-0.05, 0) is 44.4 Å². The van der Waals surface area contributed by atoms with E-state index < -0.39 is 11.4 Å². The van der Waals surface area contributed by atoms with Crippen LogP contribution in [0, 0.1) is 11.7 Å². The van der Waals surface area contributed by atoms with Crippen LogP contribution in [-0.4, -0.2) is 24.8 Å². The lowest BCUT2D eigenvalue weighted by molar-refractivity contribution is -0.00621. The van der Waals surface area contributed by atoms with E-state index in [0.29, 0.717) is 11.7 Å². The van der Waals surface area contributed by atoms with Gasteiger partial charge in [-0.1, -0.05) is 13.0 Å². The van der Waals surface area contributed by atoms with E-state index in [1.165, 1.54) is 13.2 Å². The van der Waals surface area contributed by atoms with Crippen LogP contribution in [0.25, 0.3) is 0 Å². The van der Waals surface area contributed by atoms with Crippen LogP contribution in [0.1, 0.15) is 32.3 Å². The molecule has 3 nitrogen and oxygen atoms in total. The largest absolute Gasteiger partial charge is 0.496 e. The summed E-state index contributed by atoms with van der Waals surface area (Å²) in [5.74, 6) is 0.491. The monoisotopic (exact) mass is 267 g/mol. The molecule has 0 radical (unpaired) electrons. The summed E-state index contributed by atoms with van der Waals surface area (Å²) >= 11 is 0. The molecular weight excluding hydrogens is 245 g/mol. The summed E-state index contributed by atoms with van der Waals surface area (Å²) in [4.78, 5) is 0. The van der Waals surface area contributed by atoms with Crippen molar-refractivity contribution in [1.29, 1.82) is 0 Å². The number of methoxy groups -OCH3 is 1. The van der Waals surface area contributed by atoms with Crippen LogP contribution in [0.15, 0.2) is 18.2 Å². The number of nitrogens with one attached hydrogen (secondary N) is 1. The molecule has 0 amide bonds. The van der Waals surface area contributed by atoms with E-state index in [2.05, 4.69) is 12.2 Å². The second-order valence-electron chi connectivity index (χ2n) is 5.60. The molecule has 1 heterocycles. The maximum absolute atomic E-state index is 14.1. The Kier molecular flexibility index (Phi) is 4.11. The van der Waals surface area contributed by atoms with Gasteiger partial charge in [0.1, 0.15) is 17.2 Å². The van der Waals surface area contributed by atoms with Crippen molar-refractivity contribution in [2.24, 2.45) is 5.92 Å². The number of ether oxygens (including phenoxy) is 1. The summed E-state index contributed by atoms with van der Waals surface area (Å²) in [5, 5.41) is 14.1. The van der Waals surface area contributed by atoms with E-state index in [1.54, 1.807) is 19.1 Å². The van der Waals surface area contributed by atoms with E-state index in [1.807, 2.05) is 0 Å². The second-order valence-corrected chi connectivity index (χ2v) is 5.60. The van der Waals surface area contributed by atoms with Crippen molar-refractivity contribution in [2.75, 3.05) is 13.7 Å². The molecule has 0 aliphatic carbocycles. The van der Waals surface area contributed by atoms with Gasteiger partial charge in [-0.25, -0.2) is 4.39 Å². The molecule has 3 atom stereocenters. The highest BCUT2D eigenvalue weighted by molar-refractivity contribution is 5.40. The smallest absolute Gasteiger partial charge is 0.133 e. The fourth-order valence-electron chi connectivity index (χ4n) is 2.88. The zero-order valence-corrected chi connectivity index (χ0v) is 11.7. The number of piperidine rings is 1. The third-order valence-electron chi connectivity index (χ3n) is 4.05. The van der Waals surface area contributed by atoms with Gasteiger partial charge in [0.05, 0.1) is 12.7 Å². The summed E-state index contributed by atoms with van der Waals surface area (Å²) < 4.78 is 19.3. The average molecular weight is 267 g/mol. The first kappa shape index (κ1) is 14.3. The maximum Gasteiger partial charge on any atom is 0.133 e. The van der Waals surface area contributed by atoms with Gasteiger partial charge in [-0.3, -0.25) is 0 Å². The Balaban J connectivity index is 2.38. The first-order chi connectivity index (χ1) is 8.96. The lowest BCUT2D eigenvalue weighted by Crippen LogP contribution is -2.51. The Morgan fingerprint density at radius 3 is 2.84 bits per heavy atom. The molecule has 106 valence electrons. The maximum atomic E-state index is 14.1. The first-order valence-electron chi connectivity index (χ1n) is 6.75. The molecule has 1 aliphatic heterocycles. The Morgan fingerprint density at radius 1 is 1.47 bits per heavy atom. The van der Waals surface area contributed by atoms with Crippen molar-refractivity contribution in [3.8, 4) is 5.75 Å². The van der Waals surface area contributed by atoms with Gasteiger partial charge >= 0.3 is 0 Å². The van der Waals surface area contributed by atoms with Gasteiger partial charge in [0.25, 0.3) is 0 Å². The van der Waals surface area contributed by atoms with Crippen molar-refractivity contribution in [3.05, 3.63) is 29.6 Å². The highest BCUT2D eigenvalue weighted by Gasteiger charge is 2.40. The van der Waals surface area contributed by atoms with Gasteiger partial charge in [0.2, 0.25) is 0 Å². The van der Waals surface area contributed by atoms with Gasteiger partial charge in [0, 0.05) is 6.04 Å². The van der Waals surface area contributed by atoms with Crippen molar-refractivity contribution >= 4 is 0 Å². The minimum absolute atomic E-state index is 0.165. The lowest BCUT2D eigenvalue weighted by atomic mass is 9.80. The number of hydrogen-bond donors (Lipinski definition) is 2. The van der Waals surface area contributed by atoms with Gasteiger partial charge in [-0.2, -0.15) is 0 Å². The number of benzene rings is 1. The normalized spacial score (nSPS) is 26.8. The number of rotatable bonds is 3. The molecule has 1 saturated heterocycles. The number of halogens is 1. The van der Waals surface area contributed by atoms with Crippen molar-refractivity contribution in [1.82, 2.24) is 5.32 Å². The minimum Gasteiger partial charge on any atom is -0.496 e. The zero-order chi connectivity index (χ0) is 14.0. The molecule has 19 heavy (non-hydrogen) atoms. The van der Waals surface area contributed by atoms with Crippen LogP contribution in [0.3, 0.4) is 0 Å². The third kappa shape index (κ3) is 2.74. The van der Waals surface area contributed by atoms with Crippen molar-refractivity contribution in [2.45, 2.75) is 38.3 Å². The van der Waals surface area contributed by atoms with E-state index in [9.17, 15) is 9.50 Å². The van der Waals surface area contributed by atoms with E-state index in [4.69, 9.17) is 4.74 Å². The molecular formula is C15H22FNO2. The molecule has 2 rings (SSSR count). The van der Waals surface area contributed by atoms with Crippen molar-refractivity contribution in [3.63, 3.8) is 0 Å². The second kappa shape index (κ2) is 5.47. The molecule has 0 spiro atoms. The standard InChI is InChI=1S/C15H22FNO2/c1-10-7-8-17-13(9-10)15(2,18)14-11(16)5-4-6-12(14)19-3/h4-6,10,13,17-18H,7-9H2,1-3H3. The van der Waals surface area contributed by atoms with Crippen LogP contribution in [0.5, 0.6) is 5.75 Å². The van der Waals surface area contributed by atoms with Crippen LogP contribution < -0.4 is 10.1 Å². The topological polar surface area (TPSA) is 41.5 Å². The average Bonchev–Trinajstić information content (AvgIpc) is 2.38. The predicted molar refractivity (Wildman–Crippen MR) is 72.7 cm³/mol. The Hall–Kier alpha value is -1.13. The molecule has 1 aromatic carbocycles. The molecule has 4 heteroatoms. The van der Waals surface area contributed by atoms with Crippen molar-refractivity contribution < 1.29 is 14.2 Å². The fraction of sp³-hybridized carbons (Fsp3) is 0.600. The predicted octanol–water partition coefficient (Wildman–Crippen LogP) is 2.43. The first-order valence-corrected chi connectivity index (χ1v) is 6.75. The molecule has 1 aliphatic rings. The van der Waals surface area contributed by atoms with E-state index >= 15 is 0 Å². The number of hydrogen-bond acceptors (Lipinski definition) is 3. The lowest BCUT2D eigenvalue weighted by Gasteiger charge is -2.39. The SMILES string of the molecule is COc1cccc(F)c1C(C)(O)C1CC(C)CCN1. The molecule has 0 aromatic heterocycles. The highest BCUT2D eigenvalue weighted by atomic mass is 19.1. The quantitative estimate of drug-likeness (QED) is 0.884. The van der Waals surface area contributed by atoms with Crippen LogP contribution in [-0.2, 0) is 5.60 Å². The fourth-order valence-corrected chi connectivity index (χ4v) is 2.88. The summed E-state index contributed by atoms with van der Waals surface area (Å²) in [5.41, 5.74) is -1.05. The minimum atomic E-state index is -1.29. The third-order valence-corrected chi connectivity index (χ3v) is 4.05. The van der Waals surface area contributed by atoms with Crippen LogP contribution in [0.2, 0.25) is 0 Å². The van der Waals surface area contributed by atoms with E-state index in [-0.39, 0.29) is 11.6 Å². The number of aliphatic hydroxyl groups is 1. The van der Waals surface area contributed by atoms with Gasteiger partial charge < -0.3 is 15.2 Å². The summed E-state index contributed by atoms with van der Waals surface area (Å²) in [6, 6.07) is 4.46. The Morgan fingerprint density at radius 2 is 2.21 bits per heavy atom.